The zero-order valence-corrected chi connectivity index (χ0v) is 15.7. The highest BCUT2D eigenvalue weighted by Gasteiger charge is 2.62. The number of fused-ring (bicyclic) bond motifs is 2. The van der Waals surface area contributed by atoms with Crippen molar-refractivity contribution < 1.29 is 23.4 Å². The number of esters is 1. The highest BCUT2D eigenvalue weighted by atomic mass is 32.1. The van der Waals surface area contributed by atoms with Crippen LogP contribution >= 0.6 is 12.2 Å². The summed E-state index contributed by atoms with van der Waals surface area (Å²) in [6.07, 6.45) is 0.619. The molecule has 1 aliphatic carbocycles. The van der Waals surface area contributed by atoms with Gasteiger partial charge >= 0.3 is 5.97 Å². The maximum absolute atomic E-state index is 13.3. The van der Waals surface area contributed by atoms with Gasteiger partial charge < -0.3 is 24.1 Å². The van der Waals surface area contributed by atoms with Gasteiger partial charge in [0, 0.05) is 6.54 Å². The average Bonchev–Trinajstić information content (AvgIpc) is 3.28. The van der Waals surface area contributed by atoms with Crippen LogP contribution in [0.4, 0.5) is 4.39 Å². The topological polar surface area (TPSA) is 66.2 Å². The van der Waals surface area contributed by atoms with Crippen molar-refractivity contribution in [1.29, 1.82) is 0 Å². The van der Waals surface area contributed by atoms with Crippen molar-refractivity contribution in [3.05, 3.63) is 59.8 Å². The van der Waals surface area contributed by atoms with E-state index in [9.17, 15) is 14.3 Å². The molecule has 1 aromatic heterocycles. The Morgan fingerprint density at radius 1 is 1.14 bits per heavy atom. The first-order chi connectivity index (χ1) is 13.5. The van der Waals surface area contributed by atoms with Gasteiger partial charge in [-0.1, -0.05) is 12.1 Å². The van der Waals surface area contributed by atoms with Gasteiger partial charge in [-0.2, -0.15) is 0 Å². The summed E-state index contributed by atoms with van der Waals surface area (Å²) in [5.41, 5.74) is 0.893. The van der Waals surface area contributed by atoms with Crippen LogP contribution in [0.3, 0.4) is 0 Å². The zero-order chi connectivity index (χ0) is 19.4. The lowest BCUT2D eigenvalue weighted by Gasteiger charge is -2.49. The Labute approximate surface area is 166 Å². The monoisotopic (exact) mass is 402 g/mol. The first kappa shape index (κ1) is 17.6. The minimum Gasteiger partial charge on any atom is -0.467 e. The van der Waals surface area contributed by atoms with Crippen molar-refractivity contribution in [3.63, 3.8) is 0 Å². The Bertz CT molecular complexity index is 903. The van der Waals surface area contributed by atoms with E-state index in [4.69, 9.17) is 21.4 Å². The highest BCUT2D eigenvalue weighted by molar-refractivity contribution is 7.80. The minimum absolute atomic E-state index is 0.187. The quantitative estimate of drug-likeness (QED) is 0.620. The molecule has 1 N–H and O–H groups in total. The molecule has 6 nitrogen and oxygen atoms in total. The molecule has 4 heterocycles. The molecule has 3 saturated heterocycles. The third-order valence-electron chi connectivity index (χ3n) is 5.91. The number of rotatable bonds is 4. The summed E-state index contributed by atoms with van der Waals surface area (Å²) < 4.78 is 24.3. The molecule has 1 aromatic carbocycles. The van der Waals surface area contributed by atoms with Crippen molar-refractivity contribution in [3.8, 4) is 0 Å². The van der Waals surface area contributed by atoms with Gasteiger partial charge in [0.2, 0.25) is 0 Å². The van der Waals surface area contributed by atoms with Crippen LogP contribution in [0.15, 0.2) is 47.1 Å². The Hall–Kier alpha value is -2.45. The van der Waals surface area contributed by atoms with E-state index in [1.54, 1.807) is 18.4 Å². The first-order valence-electron chi connectivity index (χ1n) is 9.25. The molecular formula is C20H19FN2O4S. The number of thiocarbonyl (C=S) groups is 1. The smallest absolute Gasteiger partial charge is 0.311 e. The van der Waals surface area contributed by atoms with Crippen LogP contribution in [0.25, 0.3) is 0 Å². The highest BCUT2D eigenvalue weighted by Crippen LogP contribution is 2.45. The normalized spacial score (nSPS) is 31.3. The summed E-state index contributed by atoms with van der Waals surface area (Å²) in [4.78, 5) is 16.4. The molecule has 2 bridgehead atoms. The summed E-state index contributed by atoms with van der Waals surface area (Å²) >= 11 is 5.77. The van der Waals surface area contributed by atoms with Crippen molar-refractivity contribution in [2.24, 2.45) is 5.92 Å². The number of aliphatic hydroxyl groups excluding tert-OH is 1. The molecule has 1 saturated carbocycles. The Morgan fingerprint density at radius 3 is 2.61 bits per heavy atom. The molecule has 4 aliphatic rings. The number of benzene rings is 1. The van der Waals surface area contributed by atoms with Gasteiger partial charge in [-0.3, -0.25) is 4.79 Å². The van der Waals surface area contributed by atoms with Crippen LogP contribution in [-0.2, 0) is 22.6 Å². The number of ether oxygens (including phenoxy) is 1. The fourth-order valence-electron chi connectivity index (χ4n) is 4.69. The van der Waals surface area contributed by atoms with Crippen molar-refractivity contribution in [2.45, 2.75) is 43.8 Å². The number of hydrogen-bond donors (Lipinski definition) is 1. The molecule has 5 atom stereocenters. The molecule has 0 unspecified atom stereocenters. The number of carbonyl (C=O) groups excluding carboxylic acids is 1. The fourth-order valence-corrected chi connectivity index (χ4v) is 5.06. The number of carbonyl (C=O) groups is 1. The standard InChI is InChI=1S/C20H19FN2O4S/c21-12-5-3-11(4-6-12)9-22-17-16(14-8-15(24)18(17)27-19(14)25)23(20(22)28)10-13-2-1-7-26-13/h1-7,14-18,24H,8-10H2/t14-,15+,16-,17+,18-/m0/s1. The summed E-state index contributed by atoms with van der Waals surface area (Å²) in [5.74, 6) is -0.283. The predicted molar refractivity (Wildman–Crippen MR) is 100 cm³/mol. The second kappa shape index (κ2) is 6.56. The largest absolute Gasteiger partial charge is 0.467 e. The molecule has 0 radical (unpaired) electrons. The van der Waals surface area contributed by atoms with Crippen molar-refractivity contribution in [2.75, 3.05) is 0 Å². The first-order valence-corrected chi connectivity index (χ1v) is 9.66. The molecule has 28 heavy (non-hydrogen) atoms. The van der Waals surface area contributed by atoms with E-state index in [2.05, 4.69) is 0 Å². The molecule has 4 fully saturated rings. The molecule has 3 aliphatic heterocycles. The molecule has 0 spiro atoms. The van der Waals surface area contributed by atoms with Gasteiger partial charge in [-0.15, -0.1) is 0 Å². The number of halogens is 1. The molecular weight excluding hydrogens is 383 g/mol. The molecule has 0 amide bonds. The number of furan rings is 1. The van der Waals surface area contributed by atoms with E-state index in [1.165, 1.54) is 12.1 Å². The molecule has 146 valence electrons. The van der Waals surface area contributed by atoms with E-state index in [0.717, 1.165) is 11.3 Å². The SMILES string of the molecule is O=C1O[C@@H]2[C@H]3[C@H]([C@@H]1C[C@H]2O)N(Cc1ccco1)C(=S)N3Cc1ccc(F)cc1. The molecule has 8 heteroatoms. The maximum Gasteiger partial charge on any atom is 0.311 e. The van der Waals surface area contributed by atoms with E-state index in [0.29, 0.717) is 24.6 Å². The van der Waals surface area contributed by atoms with Crippen LogP contribution in [0, 0.1) is 11.7 Å². The van der Waals surface area contributed by atoms with Crippen molar-refractivity contribution in [1.82, 2.24) is 9.80 Å². The van der Waals surface area contributed by atoms with Crippen LogP contribution in [0.5, 0.6) is 0 Å². The van der Waals surface area contributed by atoms with Gasteiger partial charge in [0.1, 0.15) is 17.7 Å². The number of aliphatic hydroxyl groups is 1. The lowest BCUT2D eigenvalue weighted by molar-refractivity contribution is -0.199. The Balaban J connectivity index is 1.50. The van der Waals surface area contributed by atoms with Gasteiger partial charge in [-0.05, 0) is 48.5 Å². The van der Waals surface area contributed by atoms with Crippen LogP contribution in [-0.4, -0.2) is 50.3 Å². The Kier molecular flexibility index (Phi) is 4.13. The lowest BCUT2D eigenvalue weighted by Crippen LogP contribution is -2.66. The van der Waals surface area contributed by atoms with Gasteiger partial charge in [0.05, 0.1) is 36.9 Å². The van der Waals surface area contributed by atoms with Gasteiger partial charge in [-0.25, -0.2) is 4.39 Å². The van der Waals surface area contributed by atoms with E-state index in [1.807, 2.05) is 21.9 Å². The zero-order valence-electron chi connectivity index (χ0n) is 14.9. The second-order valence-electron chi connectivity index (χ2n) is 7.54. The summed E-state index contributed by atoms with van der Waals surface area (Å²) in [7, 11) is 0. The summed E-state index contributed by atoms with van der Waals surface area (Å²) in [6, 6.07) is 9.49. The Morgan fingerprint density at radius 2 is 1.89 bits per heavy atom. The predicted octanol–water partition coefficient (Wildman–Crippen LogP) is 2.06. The van der Waals surface area contributed by atoms with Crippen LogP contribution in [0.1, 0.15) is 17.7 Å². The number of hydrogen-bond acceptors (Lipinski definition) is 5. The summed E-state index contributed by atoms with van der Waals surface area (Å²) in [5, 5.41) is 11.1. The fraction of sp³-hybridized carbons (Fsp3) is 0.400. The third kappa shape index (κ3) is 2.70. The summed E-state index contributed by atoms with van der Waals surface area (Å²) in [6.45, 7) is 0.891. The maximum atomic E-state index is 13.3. The molecule has 2 aromatic rings. The lowest BCUT2D eigenvalue weighted by atomic mass is 9.74. The van der Waals surface area contributed by atoms with E-state index in [-0.39, 0.29) is 23.9 Å². The average molecular weight is 402 g/mol. The van der Waals surface area contributed by atoms with Crippen LogP contribution < -0.4 is 0 Å². The molecule has 6 rings (SSSR count). The third-order valence-corrected chi connectivity index (χ3v) is 6.38. The van der Waals surface area contributed by atoms with Gasteiger partial charge in [0.25, 0.3) is 0 Å². The second-order valence-corrected chi connectivity index (χ2v) is 7.90. The van der Waals surface area contributed by atoms with E-state index < -0.39 is 18.1 Å². The van der Waals surface area contributed by atoms with Crippen molar-refractivity contribution >= 4 is 23.3 Å². The van der Waals surface area contributed by atoms with Gasteiger partial charge in [0.15, 0.2) is 5.11 Å². The minimum atomic E-state index is -0.717. The van der Waals surface area contributed by atoms with Crippen LogP contribution in [0.2, 0.25) is 0 Å². The number of nitrogens with zero attached hydrogens (tertiary/aromatic N) is 2. The van der Waals surface area contributed by atoms with E-state index >= 15 is 0 Å².